The first kappa shape index (κ1) is 59.9. The summed E-state index contributed by atoms with van der Waals surface area (Å²) in [5, 5.41) is 41.6. The Hall–Kier alpha value is -8.63. The highest BCUT2D eigenvalue weighted by atomic mass is 79.9. The average Bonchev–Trinajstić information content (AvgIpc) is 3.43. The van der Waals surface area contributed by atoms with Gasteiger partial charge in [-0.1, -0.05) is 59.2 Å². The number of nitrogens with one attached hydrogen (secondary N) is 1. The minimum atomic E-state index is -1.38. The number of non-ortho nitro benzene ring substituents is 2. The topological polar surface area (TPSA) is 268 Å². The maximum atomic E-state index is 10.4. The predicted molar refractivity (Wildman–Crippen MR) is 304 cm³/mol. The van der Waals surface area contributed by atoms with Crippen molar-refractivity contribution in [2.75, 3.05) is 11.1 Å². The van der Waals surface area contributed by atoms with E-state index in [4.69, 9.17) is 50.6 Å². The molecule has 0 aliphatic heterocycles. The van der Waals surface area contributed by atoms with Crippen LogP contribution in [0.25, 0.3) is 33.4 Å². The number of benzene rings is 4. The van der Waals surface area contributed by atoms with Crippen LogP contribution >= 0.6 is 50.7 Å². The molecule has 0 spiro atoms. The molecule has 6 heterocycles. The van der Waals surface area contributed by atoms with E-state index in [0.717, 1.165) is 49.2 Å². The molecule has 4 aromatic carbocycles. The van der Waals surface area contributed by atoms with Gasteiger partial charge in [-0.3, -0.25) is 40.2 Å². The summed E-state index contributed by atoms with van der Waals surface area (Å²) in [5.41, 5.74) is 14.6. The smallest absolute Gasteiger partial charge is 0.423 e. The first-order chi connectivity index (χ1) is 36.2. The highest BCUT2D eigenvalue weighted by Crippen LogP contribution is 2.24. The number of pyridine rings is 4. The molecule has 10 aromatic rings. The van der Waals surface area contributed by atoms with E-state index in [-0.39, 0.29) is 29.4 Å². The third-order valence-corrected chi connectivity index (χ3v) is 10.6. The van der Waals surface area contributed by atoms with Gasteiger partial charge in [0.05, 0.1) is 9.85 Å². The second-order valence-electron chi connectivity index (χ2n) is 14.6. The Labute approximate surface area is 461 Å². The van der Waals surface area contributed by atoms with Crippen LogP contribution < -0.4 is 16.5 Å². The van der Waals surface area contributed by atoms with Crippen molar-refractivity contribution in [1.82, 2.24) is 39.9 Å². The van der Waals surface area contributed by atoms with E-state index in [9.17, 15) is 20.2 Å². The molecule has 0 saturated carbocycles. The molecule has 10 rings (SSSR count). The average molecular weight is 1140 g/mol. The Kier molecular flexibility index (Phi) is 25.7. The fraction of sp³-hybridized carbons (Fsp3) is 0.0189. The number of hydrogen-bond acceptors (Lipinski definition) is 16. The van der Waals surface area contributed by atoms with Crippen molar-refractivity contribution >= 4 is 91.9 Å². The molecule has 5 N–H and O–H groups in total. The van der Waals surface area contributed by atoms with E-state index in [2.05, 4.69) is 61.1 Å². The highest BCUT2D eigenvalue weighted by molar-refractivity contribution is 9.10. The van der Waals surface area contributed by atoms with Crippen LogP contribution in [0.3, 0.4) is 0 Å². The van der Waals surface area contributed by atoms with E-state index >= 15 is 0 Å². The summed E-state index contributed by atoms with van der Waals surface area (Å²) >= 11 is 19.7. The van der Waals surface area contributed by atoms with Gasteiger partial charge in [0.1, 0.15) is 11.0 Å². The van der Waals surface area contributed by atoms with Crippen LogP contribution in [0.5, 0.6) is 0 Å². The molecule has 0 bridgehead atoms. The molecule has 6 aromatic heterocycles. The number of nitrogens with zero attached hydrogens (tertiary/aromatic N) is 10. The molecule has 0 fully saturated rings. The fourth-order valence-corrected chi connectivity index (χ4v) is 6.53. The molecule has 76 heavy (non-hydrogen) atoms. The lowest BCUT2D eigenvalue weighted by Crippen LogP contribution is -2.29. The van der Waals surface area contributed by atoms with Gasteiger partial charge < -0.3 is 21.1 Å². The first-order valence-electron chi connectivity index (χ1n) is 21.7. The van der Waals surface area contributed by atoms with Crippen molar-refractivity contribution in [3.63, 3.8) is 0 Å². The number of nitrogen functional groups attached to an aromatic ring is 1. The van der Waals surface area contributed by atoms with Crippen LogP contribution in [0.15, 0.2) is 224 Å². The molecule has 0 radical (unpaired) electrons. The van der Waals surface area contributed by atoms with Gasteiger partial charge in [0.2, 0.25) is 10.6 Å². The third kappa shape index (κ3) is 21.8. The zero-order chi connectivity index (χ0) is 53.8. The van der Waals surface area contributed by atoms with E-state index in [1.165, 1.54) is 42.9 Å². The molecule has 0 amide bonds. The molecule has 18 nitrogen and oxygen atoms in total. The van der Waals surface area contributed by atoms with Gasteiger partial charge in [-0.05, 0) is 171 Å². The van der Waals surface area contributed by atoms with Crippen molar-refractivity contribution < 1.29 is 19.9 Å². The van der Waals surface area contributed by atoms with Gasteiger partial charge in [0, 0.05) is 102 Å². The summed E-state index contributed by atoms with van der Waals surface area (Å²) in [7, 11) is -1.38. The monoisotopic (exact) mass is 1140 g/mol. The van der Waals surface area contributed by atoms with E-state index in [1.54, 1.807) is 91.9 Å². The van der Waals surface area contributed by atoms with E-state index in [0.29, 0.717) is 16.4 Å². The zero-order valence-corrected chi connectivity index (χ0v) is 42.8. The molecule has 384 valence electrons. The van der Waals surface area contributed by atoms with Crippen molar-refractivity contribution in [1.29, 1.82) is 0 Å². The minimum Gasteiger partial charge on any atom is -0.423 e. The number of nitrogens with two attached hydrogens (primary N) is 1. The molecule has 23 heteroatoms. The molecule has 0 aliphatic rings. The van der Waals surface area contributed by atoms with Crippen molar-refractivity contribution in [3.05, 3.63) is 260 Å². The summed E-state index contributed by atoms with van der Waals surface area (Å²) in [6.45, 7) is 0. The molecule has 0 unspecified atom stereocenters. The molecule has 0 atom stereocenters. The molecular weight excluding hydrogens is 1100 g/mol. The van der Waals surface area contributed by atoms with Crippen molar-refractivity contribution in [3.8, 4) is 33.4 Å². The first-order valence-corrected chi connectivity index (χ1v) is 23.6. The highest BCUT2D eigenvalue weighted by Gasteiger charge is 2.08. The number of nitro groups is 2. The standard InChI is InChI=1S/C15H11ClN4.C11H8N2O2.C11H10N2.C6H4BrNO2.C5H6BNO2.C4H2Cl2N2.CH4/c16-15-18-10-7-14(20-15)19-13-3-1-11(2-4-13)12-5-8-17-9-6-12;14-13(15)11-3-1-9(2-4-11)10-5-7-12-8-6-10;12-11-3-1-9(2-4-11)10-5-7-13-8-6-10;7-5-1-3-6(4-2-5)8(9)10;8-6(9)5-1-3-7-4-2-5;5-3-1-2-7-4(6)8-3;/h1-10H,(H,18,19,20);1-8H;1-8H,12H2;1-4H;1-4,8-9H;1-2H;1H4. The van der Waals surface area contributed by atoms with Gasteiger partial charge in [-0.15, -0.1) is 0 Å². The Bertz CT molecular complexity index is 3250. The lowest BCUT2D eigenvalue weighted by Gasteiger charge is -2.07. The fourth-order valence-electron chi connectivity index (χ4n) is 5.80. The van der Waals surface area contributed by atoms with Crippen LogP contribution in [-0.2, 0) is 0 Å². The lowest BCUT2D eigenvalue weighted by molar-refractivity contribution is -0.385. The number of halogens is 4. The van der Waals surface area contributed by atoms with Crippen LogP contribution in [0, 0.1) is 20.2 Å². The van der Waals surface area contributed by atoms with Gasteiger partial charge in [0.15, 0.2) is 0 Å². The summed E-state index contributed by atoms with van der Waals surface area (Å²) in [4.78, 5) is 50.4. The lowest BCUT2D eigenvalue weighted by atomic mass is 9.81. The SMILES string of the molecule is C.Clc1ccnc(Cl)n1.Clc1nccc(Nc2ccc(-c3ccncc3)cc2)n1.Nc1ccc(-c2ccncc2)cc1.O=[N+]([O-])c1ccc(-c2ccncc2)cc1.O=[N+]([O-])c1ccc(Br)cc1.OB(O)c1ccncc1. The third-order valence-electron chi connectivity index (χ3n) is 9.45. The van der Waals surface area contributed by atoms with Crippen LogP contribution in [0.2, 0.25) is 15.7 Å². The van der Waals surface area contributed by atoms with Gasteiger partial charge >= 0.3 is 7.12 Å². The predicted octanol–water partition coefficient (Wildman–Crippen LogP) is 12.5. The van der Waals surface area contributed by atoms with Gasteiger partial charge in [-0.25, -0.2) is 19.9 Å². The van der Waals surface area contributed by atoms with Crippen molar-refractivity contribution in [2.24, 2.45) is 0 Å². The zero-order valence-electron chi connectivity index (χ0n) is 39.0. The quantitative estimate of drug-likeness (QED) is 0.0275. The Balaban J connectivity index is 0.000000202. The van der Waals surface area contributed by atoms with Gasteiger partial charge in [0.25, 0.3) is 11.4 Å². The van der Waals surface area contributed by atoms with Crippen LogP contribution in [0.1, 0.15) is 7.43 Å². The minimum absolute atomic E-state index is 0. The number of anilines is 3. The summed E-state index contributed by atoms with van der Waals surface area (Å²) in [5.74, 6) is 0.668. The van der Waals surface area contributed by atoms with E-state index < -0.39 is 17.0 Å². The van der Waals surface area contributed by atoms with E-state index in [1.807, 2.05) is 84.9 Å². The Morgan fingerprint density at radius 1 is 0.474 bits per heavy atom. The number of rotatable bonds is 8. The molecular formula is C53H45BBrCl3N12O6. The molecule has 0 saturated heterocycles. The Morgan fingerprint density at radius 3 is 1.18 bits per heavy atom. The Morgan fingerprint density at radius 2 is 0.829 bits per heavy atom. The summed E-state index contributed by atoms with van der Waals surface area (Å²) in [6, 6.07) is 46.6. The largest absolute Gasteiger partial charge is 0.488 e. The molecule has 0 aliphatic carbocycles. The number of aromatic nitrogens is 8. The second-order valence-corrected chi connectivity index (χ2v) is 16.6. The summed E-state index contributed by atoms with van der Waals surface area (Å²) in [6.07, 6.45) is 16.6. The van der Waals surface area contributed by atoms with Gasteiger partial charge in [-0.2, -0.15) is 0 Å². The maximum absolute atomic E-state index is 10.4. The summed E-state index contributed by atoms with van der Waals surface area (Å²) < 4.78 is 0.845. The maximum Gasteiger partial charge on any atom is 0.488 e. The van der Waals surface area contributed by atoms with Crippen LogP contribution in [0.4, 0.5) is 28.6 Å². The second kappa shape index (κ2) is 32.5. The number of nitro benzene ring substituents is 2. The van der Waals surface area contributed by atoms with Crippen molar-refractivity contribution in [2.45, 2.75) is 7.43 Å². The van der Waals surface area contributed by atoms with Crippen LogP contribution in [-0.4, -0.2) is 66.9 Å². The number of hydrogen-bond donors (Lipinski definition) is 4. The normalized spacial score (nSPS) is 9.61.